The van der Waals surface area contributed by atoms with Gasteiger partial charge in [0, 0.05) is 38.6 Å². The lowest BCUT2D eigenvalue weighted by atomic mass is 10.1. The van der Waals surface area contributed by atoms with Crippen molar-refractivity contribution in [2.45, 2.75) is 39.7 Å². The summed E-state index contributed by atoms with van der Waals surface area (Å²) < 4.78 is 0. The Morgan fingerprint density at radius 3 is 1.89 bits per heavy atom. The number of piperazine rings is 1. The highest BCUT2D eigenvalue weighted by atomic mass is 16.2. The summed E-state index contributed by atoms with van der Waals surface area (Å²) in [7, 11) is 0. The maximum Gasteiger partial charge on any atom is 0.232 e. The third kappa shape index (κ3) is 5.28. The molecule has 19 heavy (non-hydrogen) atoms. The summed E-state index contributed by atoms with van der Waals surface area (Å²) in [6, 6.07) is 0. The van der Waals surface area contributed by atoms with Crippen LogP contribution in [0.2, 0.25) is 0 Å². The van der Waals surface area contributed by atoms with Crippen molar-refractivity contribution in [1.29, 1.82) is 0 Å². The summed E-state index contributed by atoms with van der Waals surface area (Å²) in [5.74, 6) is -0.408. The van der Waals surface area contributed by atoms with Crippen LogP contribution in [0.15, 0.2) is 0 Å². The first kappa shape index (κ1) is 15.5. The van der Waals surface area contributed by atoms with E-state index in [1.54, 1.807) is 9.80 Å². The number of nitrogens with zero attached hydrogens (tertiary/aromatic N) is 2. The Kier molecular flexibility index (Phi) is 4.91. The predicted molar refractivity (Wildman–Crippen MR) is 71.3 cm³/mol. The lowest BCUT2D eigenvalue weighted by Gasteiger charge is -2.34. The van der Waals surface area contributed by atoms with Gasteiger partial charge in [-0.25, -0.2) is 0 Å². The molecule has 1 aliphatic heterocycles. The minimum absolute atomic E-state index is 0.0255. The van der Waals surface area contributed by atoms with Crippen molar-refractivity contribution in [2.24, 2.45) is 0 Å². The zero-order valence-corrected chi connectivity index (χ0v) is 12.2. The van der Waals surface area contributed by atoms with E-state index in [2.05, 4.69) is 5.32 Å². The molecule has 108 valence electrons. The number of carbonyl (C=O) groups is 3. The largest absolute Gasteiger partial charge is 0.351 e. The predicted octanol–water partition coefficient (Wildman–Crippen LogP) is -0.0181. The first-order valence-electron chi connectivity index (χ1n) is 6.53. The maximum atomic E-state index is 11.9. The Bertz CT molecular complexity index is 366. The third-order valence-electron chi connectivity index (χ3n) is 2.90. The summed E-state index contributed by atoms with van der Waals surface area (Å²) in [6.45, 7) is 9.24. The van der Waals surface area contributed by atoms with Crippen LogP contribution in [0.4, 0.5) is 0 Å². The highest BCUT2D eigenvalue weighted by Crippen LogP contribution is 2.05. The lowest BCUT2D eigenvalue weighted by molar-refractivity contribution is -0.141. The molecule has 0 aromatic rings. The average molecular weight is 269 g/mol. The number of carbonyl (C=O) groups excluding carboxylic acids is 3. The molecular weight excluding hydrogens is 246 g/mol. The maximum absolute atomic E-state index is 11.9. The van der Waals surface area contributed by atoms with E-state index in [9.17, 15) is 14.4 Å². The van der Waals surface area contributed by atoms with Crippen LogP contribution < -0.4 is 5.32 Å². The van der Waals surface area contributed by atoms with Gasteiger partial charge in [-0.3, -0.25) is 14.4 Å². The van der Waals surface area contributed by atoms with Crippen LogP contribution in [0.3, 0.4) is 0 Å². The minimum atomic E-state index is -0.329. The van der Waals surface area contributed by atoms with Crippen LogP contribution in [-0.2, 0) is 14.4 Å². The zero-order chi connectivity index (χ0) is 14.6. The number of rotatable bonds is 2. The molecule has 0 unspecified atom stereocenters. The average Bonchev–Trinajstić information content (AvgIpc) is 2.26. The number of hydrogen-bond donors (Lipinski definition) is 1. The highest BCUT2D eigenvalue weighted by Gasteiger charge is 2.24. The molecule has 0 aromatic carbocycles. The molecule has 6 heteroatoms. The van der Waals surface area contributed by atoms with E-state index >= 15 is 0 Å². The van der Waals surface area contributed by atoms with E-state index < -0.39 is 0 Å². The Labute approximate surface area is 114 Å². The SMILES string of the molecule is CC(=O)N1CCN(C(=O)CC(=O)NC(C)(C)C)CC1. The molecule has 1 rings (SSSR count). The van der Waals surface area contributed by atoms with Gasteiger partial charge >= 0.3 is 0 Å². The highest BCUT2D eigenvalue weighted by molar-refractivity contribution is 5.97. The molecule has 0 aliphatic carbocycles. The van der Waals surface area contributed by atoms with Gasteiger partial charge in [0.2, 0.25) is 17.7 Å². The number of hydrogen-bond acceptors (Lipinski definition) is 3. The van der Waals surface area contributed by atoms with E-state index in [-0.39, 0.29) is 29.7 Å². The van der Waals surface area contributed by atoms with Crippen molar-refractivity contribution in [1.82, 2.24) is 15.1 Å². The molecule has 0 atom stereocenters. The van der Waals surface area contributed by atoms with Gasteiger partial charge < -0.3 is 15.1 Å². The van der Waals surface area contributed by atoms with E-state index in [0.717, 1.165) is 0 Å². The van der Waals surface area contributed by atoms with Crippen molar-refractivity contribution < 1.29 is 14.4 Å². The van der Waals surface area contributed by atoms with Gasteiger partial charge in [-0.05, 0) is 20.8 Å². The molecule has 0 radical (unpaired) electrons. The summed E-state index contributed by atoms with van der Waals surface area (Å²) in [6.07, 6.45) is -0.128. The second-order valence-corrected chi connectivity index (χ2v) is 5.86. The molecular formula is C13H23N3O3. The second-order valence-electron chi connectivity index (χ2n) is 5.86. The van der Waals surface area contributed by atoms with Gasteiger partial charge in [0.05, 0.1) is 0 Å². The van der Waals surface area contributed by atoms with Gasteiger partial charge in [0.15, 0.2) is 0 Å². The normalized spacial score (nSPS) is 16.2. The summed E-state index contributed by atoms with van der Waals surface area (Å²) in [5, 5.41) is 2.77. The van der Waals surface area contributed by atoms with Crippen LogP contribution in [0.1, 0.15) is 34.1 Å². The topological polar surface area (TPSA) is 69.7 Å². The Morgan fingerprint density at radius 2 is 1.47 bits per heavy atom. The monoisotopic (exact) mass is 269 g/mol. The van der Waals surface area contributed by atoms with Crippen molar-refractivity contribution in [3.05, 3.63) is 0 Å². The standard InChI is InChI=1S/C13H23N3O3/c1-10(17)15-5-7-16(8-6-15)12(19)9-11(18)14-13(2,3)4/h5-9H2,1-4H3,(H,14,18). The quantitative estimate of drug-likeness (QED) is 0.716. The van der Waals surface area contributed by atoms with E-state index in [4.69, 9.17) is 0 Å². The van der Waals surface area contributed by atoms with Gasteiger partial charge in [-0.1, -0.05) is 0 Å². The summed E-state index contributed by atoms with van der Waals surface area (Å²) in [4.78, 5) is 38.1. The fourth-order valence-corrected chi connectivity index (χ4v) is 1.98. The third-order valence-corrected chi connectivity index (χ3v) is 2.90. The molecule has 1 heterocycles. The summed E-state index contributed by atoms with van der Waals surface area (Å²) >= 11 is 0. The van der Waals surface area contributed by atoms with Crippen LogP contribution in [0.5, 0.6) is 0 Å². The van der Waals surface area contributed by atoms with E-state index in [1.807, 2.05) is 20.8 Å². The number of amides is 3. The fraction of sp³-hybridized carbons (Fsp3) is 0.769. The van der Waals surface area contributed by atoms with Gasteiger partial charge in [0.25, 0.3) is 0 Å². The van der Waals surface area contributed by atoms with Crippen molar-refractivity contribution in [2.75, 3.05) is 26.2 Å². The van der Waals surface area contributed by atoms with Crippen molar-refractivity contribution in [3.63, 3.8) is 0 Å². The molecule has 1 saturated heterocycles. The lowest BCUT2D eigenvalue weighted by Crippen LogP contribution is -2.51. The van der Waals surface area contributed by atoms with Gasteiger partial charge in [0.1, 0.15) is 6.42 Å². The number of nitrogens with one attached hydrogen (secondary N) is 1. The molecule has 6 nitrogen and oxygen atoms in total. The van der Waals surface area contributed by atoms with Crippen molar-refractivity contribution >= 4 is 17.7 Å². The minimum Gasteiger partial charge on any atom is -0.351 e. The molecule has 1 fully saturated rings. The molecule has 3 amide bonds. The molecule has 0 bridgehead atoms. The first-order chi connectivity index (χ1) is 8.69. The summed E-state index contributed by atoms with van der Waals surface area (Å²) in [5.41, 5.74) is -0.329. The Balaban J connectivity index is 2.39. The Morgan fingerprint density at radius 1 is 1.00 bits per heavy atom. The molecule has 1 N–H and O–H groups in total. The molecule has 0 saturated carbocycles. The molecule has 0 spiro atoms. The van der Waals surface area contributed by atoms with Crippen LogP contribution in [0.25, 0.3) is 0 Å². The van der Waals surface area contributed by atoms with Crippen molar-refractivity contribution in [3.8, 4) is 0 Å². The van der Waals surface area contributed by atoms with Gasteiger partial charge in [-0.2, -0.15) is 0 Å². The van der Waals surface area contributed by atoms with E-state index in [1.165, 1.54) is 6.92 Å². The first-order valence-corrected chi connectivity index (χ1v) is 6.53. The molecule has 1 aliphatic rings. The van der Waals surface area contributed by atoms with Crippen LogP contribution in [-0.4, -0.2) is 59.2 Å². The second kappa shape index (κ2) is 6.04. The zero-order valence-electron chi connectivity index (χ0n) is 12.2. The van der Waals surface area contributed by atoms with Crippen LogP contribution in [0, 0.1) is 0 Å². The Hall–Kier alpha value is -1.59. The fourth-order valence-electron chi connectivity index (χ4n) is 1.98. The van der Waals surface area contributed by atoms with Gasteiger partial charge in [-0.15, -0.1) is 0 Å². The van der Waals surface area contributed by atoms with E-state index in [0.29, 0.717) is 26.2 Å². The molecule has 0 aromatic heterocycles. The smallest absolute Gasteiger partial charge is 0.232 e. The van der Waals surface area contributed by atoms with Crippen LogP contribution >= 0.6 is 0 Å².